The quantitative estimate of drug-likeness (QED) is 0.642. The Morgan fingerprint density at radius 3 is 2.52 bits per heavy atom. The number of nitrogens with zero attached hydrogens (tertiary/aromatic N) is 1. The summed E-state index contributed by atoms with van der Waals surface area (Å²) < 4.78 is 0. The molecule has 1 aliphatic rings. The summed E-state index contributed by atoms with van der Waals surface area (Å²) in [4.78, 5) is 4.98. The van der Waals surface area contributed by atoms with Gasteiger partial charge in [0.15, 0.2) is 0 Å². The van der Waals surface area contributed by atoms with E-state index < -0.39 is 0 Å². The van der Waals surface area contributed by atoms with E-state index in [9.17, 15) is 0 Å². The minimum atomic E-state index is 0.856. The van der Waals surface area contributed by atoms with Crippen LogP contribution in [-0.2, 0) is 6.42 Å². The first-order valence-corrected chi connectivity index (χ1v) is 7.75. The van der Waals surface area contributed by atoms with E-state index in [4.69, 9.17) is 4.98 Å². The fraction of sp³-hybridized carbons (Fsp3) is 0.250. The van der Waals surface area contributed by atoms with E-state index in [1.165, 1.54) is 40.4 Å². The maximum absolute atomic E-state index is 4.98. The van der Waals surface area contributed by atoms with Crippen LogP contribution in [0.5, 0.6) is 0 Å². The summed E-state index contributed by atoms with van der Waals surface area (Å²) in [5.74, 6) is 0.856. The maximum Gasteiger partial charge on any atom is 0.0711 e. The lowest BCUT2D eigenvalue weighted by Gasteiger charge is -2.09. The van der Waals surface area contributed by atoms with E-state index in [1.807, 2.05) is 0 Å². The van der Waals surface area contributed by atoms with Crippen LogP contribution in [-0.4, -0.2) is 4.98 Å². The summed E-state index contributed by atoms with van der Waals surface area (Å²) in [5, 5.41) is 2.62. The molecule has 1 fully saturated rings. The standard InChI is InChI=1S/C20H19N/c1-14-6-10-16(11-7-14)19-13-17-4-2-3-5-18(17)20(21-19)12-15-8-9-15/h2-7,10-11,13,15H,8-9,12H2,1H3. The largest absolute Gasteiger partial charge is 0.252 e. The minimum Gasteiger partial charge on any atom is -0.252 e. The van der Waals surface area contributed by atoms with Gasteiger partial charge in [0.1, 0.15) is 0 Å². The Labute approximate surface area is 125 Å². The lowest BCUT2D eigenvalue weighted by atomic mass is 10.0. The van der Waals surface area contributed by atoms with Crippen molar-refractivity contribution in [3.63, 3.8) is 0 Å². The highest BCUT2D eigenvalue weighted by Crippen LogP contribution is 2.35. The van der Waals surface area contributed by atoms with Crippen LogP contribution < -0.4 is 0 Å². The van der Waals surface area contributed by atoms with Crippen LogP contribution in [0.25, 0.3) is 22.0 Å². The normalized spacial score (nSPS) is 14.5. The molecule has 104 valence electrons. The van der Waals surface area contributed by atoms with Gasteiger partial charge in [0.05, 0.1) is 5.69 Å². The topological polar surface area (TPSA) is 12.9 Å². The molecule has 4 rings (SSSR count). The summed E-state index contributed by atoms with van der Waals surface area (Å²) in [5.41, 5.74) is 4.87. The molecule has 0 N–H and O–H groups in total. The van der Waals surface area contributed by atoms with Gasteiger partial charge in [-0.05, 0) is 43.6 Å². The monoisotopic (exact) mass is 273 g/mol. The van der Waals surface area contributed by atoms with Crippen molar-refractivity contribution < 1.29 is 0 Å². The van der Waals surface area contributed by atoms with Crippen molar-refractivity contribution in [1.29, 1.82) is 0 Å². The molecule has 1 aliphatic carbocycles. The Hall–Kier alpha value is -2.15. The number of aromatic nitrogens is 1. The van der Waals surface area contributed by atoms with E-state index in [0.29, 0.717) is 0 Å². The number of fused-ring (bicyclic) bond motifs is 1. The summed E-state index contributed by atoms with van der Waals surface area (Å²) in [6.45, 7) is 2.12. The predicted octanol–water partition coefficient (Wildman–Crippen LogP) is 5.16. The fourth-order valence-corrected chi connectivity index (χ4v) is 2.89. The zero-order valence-electron chi connectivity index (χ0n) is 12.3. The molecule has 1 saturated carbocycles. The third-order valence-electron chi connectivity index (χ3n) is 4.35. The average Bonchev–Trinajstić information content (AvgIpc) is 3.32. The van der Waals surface area contributed by atoms with Crippen LogP contribution in [0.3, 0.4) is 0 Å². The van der Waals surface area contributed by atoms with Crippen molar-refractivity contribution in [3.8, 4) is 11.3 Å². The molecule has 3 aromatic rings. The Balaban J connectivity index is 1.86. The van der Waals surface area contributed by atoms with Crippen molar-refractivity contribution in [2.45, 2.75) is 26.2 Å². The molecule has 0 saturated heterocycles. The molecule has 1 heteroatoms. The van der Waals surface area contributed by atoms with Gasteiger partial charge in [-0.3, -0.25) is 4.98 Å². The average molecular weight is 273 g/mol. The third-order valence-corrected chi connectivity index (χ3v) is 4.35. The molecule has 1 heterocycles. The van der Waals surface area contributed by atoms with Gasteiger partial charge in [0.25, 0.3) is 0 Å². The maximum atomic E-state index is 4.98. The Bertz CT molecular complexity index is 783. The molecule has 0 bridgehead atoms. The summed E-state index contributed by atoms with van der Waals surface area (Å²) in [7, 11) is 0. The van der Waals surface area contributed by atoms with Gasteiger partial charge < -0.3 is 0 Å². The van der Waals surface area contributed by atoms with Crippen molar-refractivity contribution in [3.05, 3.63) is 65.9 Å². The van der Waals surface area contributed by atoms with Gasteiger partial charge in [-0.25, -0.2) is 0 Å². The SMILES string of the molecule is Cc1ccc(-c2cc3ccccc3c(CC3CC3)n2)cc1. The van der Waals surface area contributed by atoms with E-state index in [1.54, 1.807) is 0 Å². The van der Waals surface area contributed by atoms with Crippen LogP contribution >= 0.6 is 0 Å². The zero-order valence-corrected chi connectivity index (χ0v) is 12.3. The van der Waals surface area contributed by atoms with Crippen molar-refractivity contribution >= 4 is 10.8 Å². The second-order valence-corrected chi connectivity index (χ2v) is 6.19. The third kappa shape index (κ3) is 2.56. The van der Waals surface area contributed by atoms with Crippen LogP contribution in [0, 0.1) is 12.8 Å². The van der Waals surface area contributed by atoms with Crippen molar-refractivity contribution in [2.75, 3.05) is 0 Å². The molecule has 0 atom stereocenters. The Kier molecular flexibility index (Phi) is 2.99. The molecule has 1 nitrogen and oxygen atoms in total. The first-order valence-electron chi connectivity index (χ1n) is 7.75. The lowest BCUT2D eigenvalue weighted by Crippen LogP contribution is -1.96. The van der Waals surface area contributed by atoms with Gasteiger partial charge in [0, 0.05) is 16.6 Å². The predicted molar refractivity (Wildman–Crippen MR) is 88.3 cm³/mol. The molecule has 2 aromatic carbocycles. The number of pyridine rings is 1. The highest BCUT2D eigenvalue weighted by molar-refractivity contribution is 5.88. The molecule has 0 spiro atoms. The van der Waals surface area contributed by atoms with E-state index >= 15 is 0 Å². The van der Waals surface area contributed by atoms with Gasteiger partial charge in [-0.2, -0.15) is 0 Å². The Morgan fingerprint density at radius 1 is 1.00 bits per heavy atom. The molecule has 21 heavy (non-hydrogen) atoms. The van der Waals surface area contributed by atoms with Crippen molar-refractivity contribution in [1.82, 2.24) is 4.98 Å². The second kappa shape index (κ2) is 5.00. The van der Waals surface area contributed by atoms with Crippen LogP contribution in [0.1, 0.15) is 24.1 Å². The lowest BCUT2D eigenvalue weighted by molar-refractivity contribution is 0.813. The summed E-state index contributed by atoms with van der Waals surface area (Å²) >= 11 is 0. The molecule has 1 aromatic heterocycles. The van der Waals surface area contributed by atoms with E-state index in [0.717, 1.165) is 18.0 Å². The second-order valence-electron chi connectivity index (χ2n) is 6.19. The highest BCUT2D eigenvalue weighted by atomic mass is 14.7. The summed E-state index contributed by atoms with van der Waals surface area (Å²) in [6.07, 6.45) is 3.86. The van der Waals surface area contributed by atoms with Crippen LogP contribution in [0.2, 0.25) is 0 Å². The smallest absolute Gasteiger partial charge is 0.0711 e. The first-order chi connectivity index (χ1) is 10.3. The van der Waals surface area contributed by atoms with Gasteiger partial charge >= 0.3 is 0 Å². The fourth-order valence-electron chi connectivity index (χ4n) is 2.89. The highest BCUT2D eigenvalue weighted by Gasteiger charge is 2.23. The van der Waals surface area contributed by atoms with Crippen molar-refractivity contribution in [2.24, 2.45) is 5.92 Å². The number of hydrogen-bond acceptors (Lipinski definition) is 1. The molecule has 0 radical (unpaired) electrons. The molecular formula is C20H19N. The summed E-state index contributed by atoms with van der Waals surface area (Å²) in [6, 6.07) is 19.5. The molecule has 0 aliphatic heterocycles. The number of benzene rings is 2. The van der Waals surface area contributed by atoms with Crippen LogP contribution in [0.15, 0.2) is 54.6 Å². The zero-order chi connectivity index (χ0) is 14.2. The van der Waals surface area contributed by atoms with Gasteiger partial charge in [-0.15, -0.1) is 0 Å². The first kappa shape index (κ1) is 12.6. The number of rotatable bonds is 3. The number of hydrogen-bond donors (Lipinski definition) is 0. The molecular weight excluding hydrogens is 254 g/mol. The minimum absolute atomic E-state index is 0.856. The molecule has 0 amide bonds. The number of aryl methyl sites for hydroxylation is 1. The van der Waals surface area contributed by atoms with E-state index in [2.05, 4.69) is 61.5 Å². The van der Waals surface area contributed by atoms with Crippen LogP contribution in [0.4, 0.5) is 0 Å². The van der Waals surface area contributed by atoms with E-state index in [-0.39, 0.29) is 0 Å². The Morgan fingerprint density at radius 2 is 1.76 bits per heavy atom. The van der Waals surface area contributed by atoms with Gasteiger partial charge in [-0.1, -0.05) is 54.1 Å². The molecule has 0 unspecified atom stereocenters. The van der Waals surface area contributed by atoms with Gasteiger partial charge in [0.2, 0.25) is 0 Å².